The molecule has 0 aliphatic heterocycles. The van der Waals surface area contributed by atoms with E-state index < -0.39 is 0 Å². The second kappa shape index (κ2) is 5.16. The average molecular weight is 253 g/mol. The van der Waals surface area contributed by atoms with Gasteiger partial charge in [-0.05, 0) is 36.4 Å². The number of para-hydroxylation sites is 1. The highest BCUT2D eigenvalue weighted by atomic mass is 15.4. The van der Waals surface area contributed by atoms with E-state index in [1.807, 2.05) is 36.4 Å². The van der Waals surface area contributed by atoms with Crippen LogP contribution in [0.4, 0.5) is 0 Å². The fraction of sp³-hybridized carbons (Fsp3) is 0.214. The Morgan fingerprint density at radius 3 is 3.00 bits per heavy atom. The molecule has 96 valence electrons. The van der Waals surface area contributed by atoms with Crippen molar-refractivity contribution in [2.24, 2.45) is 0 Å². The summed E-state index contributed by atoms with van der Waals surface area (Å²) in [7, 11) is 0. The molecule has 5 heteroatoms. The molecule has 0 radical (unpaired) electrons. The number of hydrogen-bond donors (Lipinski definition) is 1. The number of benzene rings is 1. The van der Waals surface area contributed by atoms with Crippen LogP contribution in [0.2, 0.25) is 0 Å². The van der Waals surface area contributed by atoms with Crippen molar-refractivity contribution in [2.75, 3.05) is 6.54 Å². The summed E-state index contributed by atoms with van der Waals surface area (Å²) in [5.41, 5.74) is 3.03. The van der Waals surface area contributed by atoms with Crippen LogP contribution in [0.3, 0.4) is 0 Å². The molecule has 0 aliphatic carbocycles. The zero-order valence-corrected chi connectivity index (χ0v) is 10.7. The summed E-state index contributed by atoms with van der Waals surface area (Å²) in [4.78, 5) is 4.37. The first-order valence-electron chi connectivity index (χ1n) is 6.35. The van der Waals surface area contributed by atoms with Gasteiger partial charge in [-0.25, -0.2) is 4.98 Å². The number of pyridine rings is 1. The molecule has 3 rings (SSSR count). The summed E-state index contributed by atoms with van der Waals surface area (Å²) in [6.45, 7) is 3.87. The molecular weight excluding hydrogens is 238 g/mol. The molecule has 0 fully saturated rings. The normalized spacial score (nSPS) is 11.0. The van der Waals surface area contributed by atoms with E-state index in [4.69, 9.17) is 0 Å². The predicted molar refractivity (Wildman–Crippen MR) is 74.0 cm³/mol. The van der Waals surface area contributed by atoms with Gasteiger partial charge in [-0.15, -0.1) is 5.10 Å². The van der Waals surface area contributed by atoms with Crippen LogP contribution in [0.15, 0.2) is 42.6 Å². The standard InChI is InChI=1S/C14H15N5/c1-2-15-10-11-7-8-16-14(9-11)19-13-6-4-3-5-12(13)17-18-19/h3-9,15H,2,10H2,1H3. The SMILES string of the molecule is CCNCc1ccnc(-n2nnc3ccccc32)c1. The van der Waals surface area contributed by atoms with Crippen LogP contribution in [-0.4, -0.2) is 26.5 Å². The zero-order chi connectivity index (χ0) is 13.1. The highest BCUT2D eigenvalue weighted by molar-refractivity contribution is 5.75. The number of nitrogens with one attached hydrogen (secondary N) is 1. The summed E-state index contributed by atoms with van der Waals surface area (Å²) in [5, 5.41) is 11.6. The maximum atomic E-state index is 4.37. The molecule has 2 heterocycles. The van der Waals surface area contributed by atoms with E-state index in [0.29, 0.717) is 0 Å². The number of rotatable bonds is 4. The minimum atomic E-state index is 0.795. The third kappa shape index (κ3) is 2.32. The first kappa shape index (κ1) is 11.8. The van der Waals surface area contributed by atoms with Crippen molar-refractivity contribution < 1.29 is 0 Å². The molecule has 19 heavy (non-hydrogen) atoms. The molecule has 0 atom stereocenters. The van der Waals surface area contributed by atoms with Crippen molar-refractivity contribution in [1.82, 2.24) is 25.3 Å². The Kier molecular flexibility index (Phi) is 3.20. The summed E-state index contributed by atoms with van der Waals surface area (Å²) in [5.74, 6) is 0.795. The Balaban J connectivity index is 2.01. The molecule has 1 N–H and O–H groups in total. The van der Waals surface area contributed by atoms with Crippen LogP contribution in [0.25, 0.3) is 16.9 Å². The number of aromatic nitrogens is 4. The lowest BCUT2D eigenvalue weighted by atomic mass is 10.2. The van der Waals surface area contributed by atoms with E-state index >= 15 is 0 Å². The minimum absolute atomic E-state index is 0.795. The van der Waals surface area contributed by atoms with Gasteiger partial charge in [0.05, 0.1) is 5.52 Å². The molecule has 0 spiro atoms. The lowest BCUT2D eigenvalue weighted by Gasteiger charge is -2.05. The molecule has 0 unspecified atom stereocenters. The van der Waals surface area contributed by atoms with Gasteiger partial charge in [0.25, 0.3) is 0 Å². The smallest absolute Gasteiger partial charge is 0.156 e. The topological polar surface area (TPSA) is 55.6 Å². The Morgan fingerprint density at radius 2 is 2.11 bits per heavy atom. The second-order valence-electron chi connectivity index (χ2n) is 4.29. The van der Waals surface area contributed by atoms with Crippen molar-refractivity contribution in [1.29, 1.82) is 0 Å². The van der Waals surface area contributed by atoms with Gasteiger partial charge in [0.15, 0.2) is 5.82 Å². The van der Waals surface area contributed by atoms with Gasteiger partial charge in [-0.1, -0.05) is 24.3 Å². The Bertz CT molecular complexity index is 689. The fourth-order valence-corrected chi connectivity index (χ4v) is 1.99. The average Bonchev–Trinajstić information content (AvgIpc) is 2.89. The maximum Gasteiger partial charge on any atom is 0.156 e. The molecule has 0 saturated heterocycles. The molecule has 0 amide bonds. The van der Waals surface area contributed by atoms with Crippen LogP contribution < -0.4 is 5.32 Å². The minimum Gasteiger partial charge on any atom is -0.313 e. The van der Waals surface area contributed by atoms with Gasteiger partial charge in [0.1, 0.15) is 5.52 Å². The van der Waals surface area contributed by atoms with Gasteiger partial charge in [0, 0.05) is 12.7 Å². The highest BCUT2D eigenvalue weighted by Gasteiger charge is 2.07. The van der Waals surface area contributed by atoms with Crippen molar-refractivity contribution in [2.45, 2.75) is 13.5 Å². The molecule has 3 aromatic rings. The molecule has 5 nitrogen and oxygen atoms in total. The largest absolute Gasteiger partial charge is 0.313 e. The zero-order valence-electron chi connectivity index (χ0n) is 10.7. The third-order valence-corrected chi connectivity index (χ3v) is 2.96. The maximum absolute atomic E-state index is 4.37. The van der Waals surface area contributed by atoms with Crippen LogP contribution in [0.5, 0.6) is 0 Å². The second-order valence-corrected chi connectivity index (χ2v) is 4.29. The van der Waals surface area contributed by atoms with Crippen LogP contribution in [-0.2, 0) is 6.54 Å². The van der Waals surface area contributed by atoms with E-state index in [1.165, 1.54) is 5.56 Å². The quantitative estimate of drug-likeness (QED) is 0.772. The van der Waals surface area contributed by atoms with Gasteiger partial charge in [-0.2, -0.15) is 4.68 Å². The van der Waals surface area contributed by atoms with Crippen molar-refractivity contribution in [3.63, 3.8) is 0 Å². The number of fused-ring (bicyclic) bond motifs is 1. The van der Waals surface area contributed by atoms with Crippen LogP contribution >= 0.6 is 0 Å². The lowest BCUT2D eigenvalue weighted by molar-refractivity contribution is 0.722. The van der Waals surface area contributed by atoms with Crippen molar-refractivity contribution >= 4 is 11.0 Å². The van der Waals surface area contributed by atoms with E-state index in [9.17, 15) is 0 Å². The van der Waals surface area contributed by atoms with E-state index in [1.54, 1.807) is 10.9 Å². The molecule has 0 aliphatic rings. The fourth-order valence-electron chi connectivity index (χ4n) is 1.99. The highest BCUT2D eigenvalue weighted by Crippen LogP contribution is 2.14. The Labute approximate surface area is 111 Å². The van der Waals surface area contributed by atoms with Crippen molar-refractivity contribution in [3.8, 4) is 5.82 Å². The summed E-state index contributed by atoms with van der Waals surface area (Å²) < 4.78 is 1.77. The first-order valence-corrected chi connectivity index (χ1v) is 6.35. The summed E-state index contributed by atoms with van der Waals surface area (Å²) in [6, 6.07) is 11.9. The van der Waals surface area contributed by atoms with E-state index in [-0.39, 0.29) is 0 Å². The monoisotopic (exact) mass is 253 g/mol. The number of nitrogens with zero attached hydrogens (tertiary/aromatic N) is 4. The van der Waals surface area contributed by atoms with Gasteiger partial charge >= 0.3 is 0 Å². The lowest BCUT2D eigenvalue weighted by Crippen LogP contribution is -2.12. The summed E-state index contributed by atoms with van der Waals surface area (Å²) in [6.07, 6.45) is 1.80. The van der Waals surface area contributed by atoms with Crippen LogP contribution in [0, 0.1) is 0 Å². The van der Waals surface area contributed by atoms with E-state index in [2.05, 4.69) is 27.5 Å². The van der Waals surface area contributed by atoms with Gasteiger partial charge < -0.3 is 5.32 Å². The van der Waals surface area contributed by atoms with Gasteiger partial charge in [-0.3, -0.25) is 0 Å². The van der Waals surface area contributed by atoms with Crippen molar-refractivity contribution in [3.05, 3.63) is 48.2 Å². The molecule has 0 saturated carbocycles. The predicted octanol–water partition coefficient (Wildman–Crippen LogP) is 1.93. The molecule has 1 aromatic carbocycles. The van der Waals surface area contributed by atoms with E-state index in [0.717, 1.165) is 29.9 Å². The van der Waals surface area contributed by atoms with Crippen LogP contribution in [0.1, 0.15) is 12.5 Å². The van der Waals surface area contributed by atoms with Gasteiger partial charge in [0.2, 0.25) is 0 Å². The molecular formula is C14H15N5. The first-order chi connectivity index (χ1) is 9.38. The Morgan fingerprint density at radius 1 is 1.21 bits per heavy atom. The molecule has 2 aromatic heterocycles. The number of hydrogen-bond acceptors (Lipinski definition) is 4. The Hall–Kier alpha value is -2.27. The molecule has 0 bridgehead atoms. The third-order valence-electron chi connectivity index (χ3n) is 2.96. The summed E-state index contributed by atoms with van der Waals surface area (Å²) >= 11 is 0.